The van der Waals surface area contributed by atoms with Crippen molar-refractivity contribution in [2.24, 2.45) is 0 Å². The van der Waals surface area contributed by atoms with Crippen LogP contribution in [0.2, 0.25) is 0 Å². The van der Waals surface area contributed by atoms with E-state index in [9.17, 15) is 4.79 Å². The van der Waals surface area contributed by atoms with Gasteiger partial charge in [-0.15, -0.1) is 0 Å². The largest absolute Gasteiger partial charge is 0.453 e. The van der Waals surface area contributed by atoms with Gasteiger partial charge < -0.3 is 4.74 Å². The minimum atomic E-state index is -0.282. The average molecular weight is 374 g/mol. The normalized spacial score (nSPS) is 17.2. The van der Waals surface area contributed by atoms with Gasteiger partial charge in [0.2, 0.25) is 0 Å². The molecule has 2 aliphatic rings. The molecule has 0 radical (unpaired) electrons. The van der Waals surface area contributed by atoms with Gasteiger partial charge in [0.15, 0.2) is 6.61 Å². The van der Waals surface area contributed by atoms with Gasteiger partial charge in [-0.2, -0.15) is 0 Å². The van der Waals surface area contributed by atoms with Gasteiger partial charge in [0.1, 0.15) is 0 Å². The third kappa shape index (κ3) is 4.11. The molecule has 0 bridgehead atoms. The smallest absolute Gasteiger partial charge is 0.303 e. The number of benzene rings is 2. The van der Waals surface area contributed by atoms with Crippen LogP contribution in [0.3, 0.4) is 0 Å². The van der Waals surface area contributed by atoms with E-state index in [1.807, 2.05) is 0 Å². The summed E-state index contributed by atoms with van der Waals surface area (Å²) in [5.41, 5.74) is 5.81. The van der Waals surface area contributed by atoms with Crippen molar-refractivity contribution in [3.8, 4) is 11.8 Å². The van der Waals surface area contributed by atoms with Crippen LogP contribution in [0.5, 0.6) is 0 Å². The molecule has 1 fully saturated rings. The van der Waals surface area contributed by atoms with Gasteiger partial charge in [0.25, 0.3) is 0 Å². The first-order valence-corrected chi connectivity index (χ1v) is 9.93. The molecule has 0 N–H and O–H groups in total. The Bertz CT molecular complexity index is 859. The van der Waals surface area contributed by atoms with Crippen LogP contribution in [0.15, 0.2) is 48.5 Å². The van der Waals surface area contributed by atoms with E-state index in [0.717, 1.165) is 39.1 Å². The van der Waals surface area contributed by atoms with Crippen molar-refractivity contribution in [1.29, 1.82) is 0 Å². The second-order valence-corrected chi connectivity index (χ2v) is 7.42. The summed E-state index contributed by atoms with van der Waals surface area (Å²) >= 11 is 0. The number of carbonyl (C=O) groups is 1. The Morgan fingerprint density at radius 3 is 2.18 bits per heavy atom. The predicted molar refractivity (Wildman–Crippen MR) is 110 cm³/mol. The number of ether oxygens (including phenoxy) is 1. The molecule has 1 aliphatic carbocycles. The zero-order chi connectivity index (χ0) is 19.3. The quantitative estimate of drug-likeness (QED) is 0.611. The molecule has 2 aromatic rings. The molecule has 0 amide bonds. The Morgan fingerprint density at radius 2 is 1.57 bits per heavy atom. The molecule has 1 heterocycles. The van der Waals surface area contributed by atoms with E-state index in [2.05, 4.69) is 70.2 Å². The van der Waals surface area contributed by atoms with Crippen molar-refractivity contribution in [1.82, 2.24) is 9.80 Å². The lowest BCUT2D eigenvalue weighted by atomic mass is 9.81. The minimum Gasteiger partial charge on any atom is -0.453 e. The van der Waals surface area contributed by atoms with Crippen molar-refractivity contribution < 1.29 is 9.53 Å². The highest BCUT2D eigenvalue weighted by atomic mass is 16.5. The number of rotatable bonds is 3. The second-order valence-electron chi connectivity index (χ2n) is 7.42. The van der Waals surface area contributed by atoms with Crippen LogP contribution in [-0.4, -0.2) is 55.1 Å². The van der Waals surface area contributed by atoms with Crippen LogP contribution in [0.4, 0.5) is 0 Å². The van der Waals surface area contributed by atoms with E-state index in [4.69, 9.17) is 4.74 Å². The molecule has 0 spiro atoms. The molecule has 0 aromatic heterocycles. The van der Waals surface area contributed by atoms with Crippen LogP contribution in [0, 0.1) is 11.8 Å². The molecule has 144 valence electrons. The molecule has 1 aliphatic heterocycles. The fourth-order valence-electron chi connectivity index (χ4n) is 4.23. The van der Waals surface area contributed by atoms with Gasteiger partial charge in [-0.05, 0) is 28.7 Å². The highest BCUT2D eigenvalue weighted by Crippen LogP contribution is 2.38. The maximum Gasteiger partial charge on any atom is 0.303 e. The first-order valence-electron chi connectivity index (χ1n) is 9.93. The Morgan fingerprint density at radius 1 is 0.964 bits per heavy atom. The summed E-state index contributed by atoms with van der Waals surface area (Å²) in [6.07, 6.45) is 1.03. The first-order chi connectivity index (χ1) is 13.7. The first kappa shape index (κ1) is 18.7. The van der Waals surface area contributed by atoms with Gasteiger partial charge >= 0.3 is 5.97 Å². The third-order valence-corrected chi connectivity index (χ3v) is 5.63. The Balaban J connectivity index is 1.43. The van der Waals surface area contributed by atoms with Gasteiger partial charge in [0.05, 0.1) is 12.6 Å². The highest BCUT2D eigenvalue weighted by Gasteiger charge is 2.31. The number of hydrogen-bond acceptors (Lipinski definition) is 4. The van der Waals surface area contributed by atoms with Gasteiger partial charge in [0, 0.05) is 33.1 Å². The van der Waals surface area contributed by atoms with E-state index in [0.29, 0.717) is 6.04 Å². The summed E-state index contributed by atoms with van der Waals surface area (Å²) in [4.78, 5) is 15.7. The van der Waals surface area contributed by atoms with Crippen LogP contribution in [0.1, 0.15) is 35.2 Å². The molecule has 4 nitrogen and oxygen atoms in total. The number of carbonyl (C=O) groups excluding carboxylic acids is 1. The van der Waals surface area contributed by atoms with E-state index in [-0.39, 0.29) is 12.6 Å². The summed E-state index contributed by atoms with van der Waals surface area (Å²) in [5.74, 6) is 5.75. The van der Waals surface area contributed by atoms with Crippen molar-refractivity contribution in [3.63, 3.8) is 0 Å². The molecular formula is C24H26N2O2. The molecule has 28 heavy (non-hydrogen) atoms. The zero-order valence-electron chi connectivity index (χ0n) is 16.4. The standard InChI is InChI=1S/C24H26N2O2/c1-19(27)28-17-7-6-12-25-13-15-26(16-14-25)24-22-10-4-2-8-20(22)18-21-9-3-5-11-23(21)24/h2-5,8-11,24H,12-18H2,1H3. The fourth-order valence-corrected chi connectivity index (χ4v) is 4.23. The van der Waals surface area contributed by atoms with Crippen LogP contribution < -0.4 is 0 Å². The summed E-state index contributed by atoms with van der Waals surface area (Å²) in [7, 11) is 0. The minimum absolute atomic E-state index is 0.185. The lowest BCUT2D eigenvalue weighted by Crippen LogP contribution is -2.48. The van der Waals surface area contributed by atoms with Crippen LogP contribution in [-0.2, 0) is 16.0 Å². The molecule has 4 heteroatoms. The summed E-state index contributed by atoms with van der Waals surface area (Å²) in [6.45, 7) is 6.38. The molecular weight excluding hydrogens is 348 g/mol. The fraction of sp³-hybridized carbons (Fsp3) is 0.375. The molecule has 1 saturated heterocycles. The van der Waals surface area contributed by atoms with E-state index in [1.54, 1.807) is 0 Å². The maximum atomic E-state index is 10.8. The van der Waals surface area contributed by atoms with Crippen LogP contribution >= 0.6 is 0 Å². The SMILES string of the molecule is CC(=O)OCC#CCN1CCN(C2c3ccccc3Cc3ccccc32)CC1. The summed E-state index contributed by atoms with van der Waals surface area (Å²) in [5, 5.41) is 0. The monoisotopic (exact) mass is 374 g/mol. The number of hydrogen-bond donors (Lipinski definition) is 0. The van der Waals surface area contributed by atoms with E-state index >= 15 is 0 Å². The second kappa shape index (κ2) is 8.60. The lowest BCUT2D eigenvalue weighted by molar-refractivity contribution is -0.139. The predicted octanol–water partition coefficient (Wildman–Crippen LogP) is 2.86. The maximum absolute atomic E-state index is 10.8. The number of piperazine rings is 1. The Labute approximate surface area is 167 Å². The molecule has 0 atom stereocenters. The molecule has 4 rings (SSSR count). The number of nitrogens with zero attached hydrogens (tertiary/aromatic N) is 2. The lowest BCUT2D eigenvalue weighted by Gasteiger charge is -2.42. The Hall–Kier alpha value is -2.61. The number of esters is 1. The summed E-state index contributed by atoms with van der Waals surface area (Å²) < 4.78 is 4.85. The van der Waals surface area contributed by atoms with Crippen molar-refractivity contribution in [2.75, 3.05) is 39.3 Å². The van der Waals surface area contributed by atoms with Crippen molar-refractivity contribution in [2.45, 2.75) is 19.4 Å². The van der Waals surface area contributed by atoms with Gasteiger partial charge in [-0.25, -0.2) is 0 Å². The molecule has 0 saturated carbocycles. The summed E-state index contributed by atoms with van der Waals surface area (Å²) in [6, 6.07) is 18.1. The zero-order valence-corrected chi connectivity index (χ0v) is 16.4. The van der Waals surface area contributed by atoms with Gasteiger partial charge in [-0.1, -0.05) is 60.4 Å². The highest BCUT2D eigenvalue weighted by molar-refractivity contribution is 5.66. The van der Waals surface area contributed by atoms with Gasteiger partial charge in [-0.3, -0.25) is 14.6 Å². The van der Waals surface area contributed by atoms with Crippen molar-refractivity contribution in [3.05, 3.63) is 70.8 Å². The number of fused-ring (bicyclic) bond motifs is 2. The molecule has 0 unspecified atom stereocenters. The van der Waals surface area contributed by atoms with E-state index < -0.39 is 0 Å². The van der Waals surface area contributed by atoms with Crippen LogP contribution in [0.25, 0.3) is 0 Å². The van der Waals surface area contributed by atoms with Crippen molar-refractivity contribution >= 4 is 5.97 Å². The third-order valence-electron chi connectivity index (χ3n) is 5.63. The van der Waals surface area contributed by atoms with E-state index in [1.165, 1.54) is 29.2 Å². The average Bonchev–Trinajstić information content (AvgIpc) is 2.72. The Kier molecular flexibility index (Phi) is 5.76. The topological polar surface area (TPSA) is 32.8 Å². The molecule has 2 aromatic carbocycles.